The molecular weight excluding hydrogens is 292 g/mol. The molecule has 0 N–H and O–H groups in total. The minimum absolute atomic E-state index is 0.168. The minimum Gasteiger partial charge on any atom is -0.378 e. The van der Waals surface area contributed by atoms with Crippen LogP contribution in [-0.4, -0.2) is 51.6 Å². The van der Waals surface area contributed by atoms with E-state index in [1.807, 2.05) is 11.9 Å². The summed E-state index contributed by atoms with van der Waals surface area (Å²) in [5.41, 5.74) is 0.866. The van der Waals surface area contributed by atoms with Gasteiger partial charge in [0, 0.05) is 26.7 Å². The fourth-order valence-electron chi connectivity index (χ4n) is 3.64. The van der Waals surface area contributed by atoms with Gasteiger partial charge < -0.3 is 9.64 Å². The number of nitrogens with zero attached hydrogens (tertiary/aromatic N) is 4. The van der Waals surface area contributed by atoms with Gasteiger partial charge in [0.15, 0.2) is 0 Å². The van der Waals surface area contributed by atoms with Gasteiger partial charge in [-0.05, 0) is 31.6 Å². The highest BCUT2D eigenvalue weighted by Gasteiger charge is 2.25. The van der Waals surface area contributed by atoms with E-state index < -0.39 is 0 Å². The molecule has 2 heterocycles. The number of likely N-dealkylation sites (tertiary alicyclic amines) is 1. The SMILES string of the molecule is Cn1nncc1CC(=O)N1CCC(OCC2CCCCC2)CC1. The van der Waals surface area contributed by atoms with Gasteiger partial charge in [-0.15, -0.1) is 5.10 Å². The number of aromatic nitrogens is 3. The van der Waals surface area contributed by atoms with Crippen LogP contribution in [0, 0.1) is 5.92 Å². The van der Waals surface area contributed by atoms with E-state index in [1.165, 1.54) is 32.1 Å². The molecule has 6 nitrogen and oxygen atoms in total. The molecule has 1 saturated carbocycles. The van der Waals surface area contributed by atoms with E-state index in [9.17, 15) is 4.79 Å². The van der Waals surface area contributed by atoms with Crippen molar-refractivity contribution >= 4 is 5.91 Å². The quantitative estimate of drug-likeness (QED) is 0.832. The Morgan fingerprint density at radius 1 is 1.22 bits per heavy atom. The van der Waals surface area contributed by atoms with Crippen LogP contribution in [0.1, 0.15) is 50.6 Å². The molecule has 6 heteroatoms. The van der Waals surface area contributed by atoms with Gasteiger partial charge in [0.1, 0.15) is 0 Å². The van der Waals surface area contributed by atoms with Gasteiger partial charge in [0.05, 0.1) is 24.4 Å². The fraction of sp³-hybridized carbons (Fsp3) is 0.824. The topological polar surface area (TPSA) is 60.2 Å². The monoisotopic (exact) mass is 320 g/mol. The first kappa shape index (κ1) is 16.4. The molecule has 2 aliphatic rings. The molecule has 0 radical (unpaired) electrons. The second kappa shape index (κ2) is 7.90. The van der Waals surface area contributed by atoms with Crippen molar-refractivity contribution in [2.24, 2.45) is 13.0 Å². The predicted molar refractivity (Wildman–Crippen MR) is 86.8 cm³/mol. The summed E-state index contributed by atoms with van der Waals surface area (Å²) in [7, 11) is 1.82. The van der Waals surface area contributed by atoms with Crippen LogP contribution in [0.5, 0.6) is 0 Å². The predicted octanol–water partition coefficient (Wildman–Crippen LogP) is 1.95. The van der Waals surface area contributed by atoms with Gasteiger partial charge in [-0.3, -0.25) is 9.48 Å². The Bertz CT molecular complexity index is 502. The Labute approximate surface area is 138 Å². The average molecular weight is 320 g/mol. The van der Waals surface area contributed by atoms with E-state index in [1.54, 1.807) is 10.9 Å². The van der Waals surface area contributed by atoms with Gasteiger partial charge in [0.2, 0.25) is 5.91 Å². The second-order valence-electron chi connectivity index (χ2n) is 6.94. The fourth-order valence-corrected chi connectivity index (χ4v) is 3.64. The number of piperidine rings is 1. The van der Waals surface area contributed by atoms with E-state index in [0.717, 1.165) is 44.1 Å². The Hall–Kier alpha value is -1.43. The molecule has 0 bridgehead atoms. The normalized spacial score (nSPS) is 20.8. The Morgan fingerprint density at radius 3 is 2.61 bits per heavy atom. The molecule has 0 spiro atoms. The molecule has 1 amide bonds. The van der Waals surface area contributed by atoms with Gasteiger partial charge in [-0.2, -0.15) is 0 Å². The van der Waals surface area contributed by atoms with Crippen molar-refractivity contribution in [3.05, 3.63) is 11.9 Å². The van der Waals surface area contributed by atoms with Crippen molar-refractivity contribution in [2.45, 2.75) is 57.5 Å². The molecule has 2 fully saturated rings. The number of ether oxygens (including phenoxy) is 1. The number of aryl methyl sites for hydroxylation is 1. The van der Waals surface area contributed by atoms with Crippen LogP contribution in [-0.2, 0) is 23.0 Å². The Morgan fingerprint density at radius 2 is 1.96 bits per heavy atom. The number of rotatable bonds is 5. The summed E-state index contributed by atoms with van der Waals surface area (Å²) < 4.78 is 7.78. The third kappa shape index (κ3) is 4.53. The smallest absolute Gasteiger partial charge is 0.228 e. The summed E-state index contributed by atoms with van der Waals surface area (Å²) in [6.07, 6.45) is 11.1. The van der Waals surface area contributed by atoms with Crippen LogP contribution in [0.25, 0.3) is 0 Å². The van der Waals surface area contributed by atoms with Crippen molar-refractivity contribution in [1.82, 2.24) is 19.9 Å². The molecule has 1 saturated heterocycles. The van der Waals surface area contributed by atoms with Crippen LogP contribution in [0.3, 0.4) is 0 Å². The zero-order chi connectivity index (χ0) is 16.1. The van der Waals surface area contributed by atoms with Crippen molar-refractivity contribution in [2.75, 3.05) is 19.7 Å². The van der Waals surface area contributed by atoms with Gasteiger partial charge in [-0.1, -0.05) is 24.5 Å². The van der Waals surface area contributed by atoms with Crippen molar-refractivity contribution < 1.29 is 9.53 Å². The van der Waals surface area contributed by atoms with Gasteiger partial charge in [0.25, 0.3) is 0 Å². The van der Waals surface area contributed by atoms with Crippen molar-refractivity contribution in [3.63, 3.8) is 0 Å². The minimum atomic E-state index is 0.168. The molecule has 0 unspecified atom stereocenters. The second-order valence-corrected chi connectivity index (χ2v) is 6.94. The van der Waals surface area contributed by atoms with Crippen molar-refractivity contribution in [3.8, 4) is 0 Å². The molecule has 0 aromatic carbocycles. The standard InChI is InChI=1S/C17H28N4O2/c1-20-15(12-18-19-20)11-17(22)21-9-7-16(8-10-21)23-13-14-5-3-2-4-6-14/h12,14,16H,2-11,13H2,1H3. The maximum atomic E-state index is 12.3. The van der Waals surface area contributed by atoms with Crippen LogP contribution in [0.4, 0.5) is 0 Å². The highest BCUT2D eigenvalue weighted by atomic mass is 16.5. The zero-order valence-corrected chi connectivity index (χ0v) is 14.1. The van der Waals surface area contributed by atoms with Gasteiger partial charge >= 0.3 is 0 Å². The van der Waals surface area contributed by atoms with E-state index in [0.29, 0.717) is 12.5 Å². The number of carbonyl (C=O) groups is 1. The summed E-state index contributed by atoms with van der Waals surface area (Å²) >= 11 is 0. The summed E-state index contributed by atoms with van der Waals surface area (Å²) in [5, 5.41) is 7.69. The molecule has 1 aromatic heterocycles. The summed E-state index contributed by atoms with van der Waals surface area (Å²) in [4.78, 5) is 14.3. The molecule has 1 aliphatic carbocycles. The largest absolute Gasteiger partial charge is 0.378 e. The molecule has 1 aromatic rings. The lowest BCUT2D eigenvalue weighted by atomic mass is 9.90. The number of amides is 1. The van der Waals surface area contributed by atoms with E-state index in [2.05, 4.69) is 10.3 Å². The first-order chi connectivity index (χ1) is 11.2. The lowest BCUT2D eigenvalue weighted by Crippen LogP contribution is -2.42. The average Bonchev–Trinajstić information content (AvgIpc) is 2.99. The van der Waals surface area contributed by atoms with Crippen LogP contribution < -0.4 is 0 Å². The molecule has 0 atom stereocenters. The van der Waals surface area contributed by atoms with E-state index in [4.69, 9.17) is 4.74 Å². The highest BCUT2D eigenvalue weighted by molar-refractivity contribution is 5.78. The van der Waals surface area contributed by atoms with E-state index in [-0.39, 0.29) is 5.91 Å². The molecule has 128 valence electrons. The van der Waals surface area contributed by atoms with E-state index >= 15 is 0 Å². The van der Waals surface area contributed by atoms with Crippen LogP contribution >= 0.6 is 0 Å². The number of hydrogen-bond acceptors (Lipinski definition) is 4. The first-order valence-corrected chi connectivity index (χ1v) is 8.95. The van der Waals surface area contributed by atoms with Gasteiger partial charge in [-0.25, -0.2) is 0 Å². The summed E-state index contributed by atoms with van der Waals surface area (Å²) in [5.74, 6) is 0.932. The van der Waals surface area contributed by atoms with Crippen LogP contribution in [0.15, 0.2) is 6.20 Å². The highest BCUT2D eigenvalue weighted by Crippen LogP contribution is 2.25. The maximum absolute atomic E-state index is 12.3. The first-order valence-electron chi connectivity index (χ1n) is 8.95. The lowest BCUT2D eigenvalue weighted by Gasteiger charge is -2.33. The number of hydrogen-bond donors (Lipinski definition) is 0. The molecule has 1 aliphatic heterocycles. The summed E-state index contributed by atoms with van der Waals surface area (Å²) in [6.45, 7) is 2.53. The number of carbonyl (C=O) groups excluding carboxylic acids is 1. The van der Waals surface area contributed by atoms with Crippen molar-refractivity contribution in [1.29, 1.82) is 0 Å². The zero-order valence-electron chi connectivity index (χ0n) is 14.1. The summed E-state index contributed by atoms with van der Waals surface area (Å²) in [6, 6.07) is 0. The maximum Gasteiger partial charge on any atom is 0.228 e. The Kier molecular flexibility index (Phi) is 5.65. The lowest BCUT2D eigenvalue weighted by molar-refractivity contribution is -0.133. The Balaban J connectivity index is 1.37. The van der Waals surface area contributed by atoms with Crippen LogP contribution in [0.2, 0.25) is 0 Å². The third-order valence-corrected chi connectivity index (χ3v) is 5.23. The molecular formula is C17H28N4O2. The molecule has 23 heavy (non-hydrogen) atoms. The molecule has 3 rings (SSSR count). The third-order valence-electron chi connectivity index (χ3n) is 5.23.